The molecule has 1 aromatic carbocycles. The van der Waals surface area contributed by atoms with Crippen LogP contribution < -0.4 is 0 Å². The van der Waals surface area contributed by atoms with Crippen molar-refractivity contribution >= 4 is 5.97 Å². The second kappa shape index (κ2) is 7.04. The summed E-state index contributed by atoms with van der Waals surface area (Å²) in [5.41, 5.74) is 2.37. The summed E-state index contributed by atoms with van der Waals surface area (Å²) in [5, 5.41) is 0. The summed E-state index contributed by atoms with van der Waals surface area (Å²) in [6.45, 7) is 2.21. The minimum Gasteiger partial charge on any atom is -0.469 e. The third-order valence-electron chi connectivity index (χ3n) is 2.67. The monoisotopic (exact) mass is 220 g/mol. The van der Waals surface area contributed by atoms with Gasteiger partial charge in [-0.3, -0.25) is 4.79 Å². The molecule has 0 bridgehead atoms. The van der Waals surface area contributed by atoms with Crippen LogP contribution in [0.1, 0.15) is 37.3 Å². The lowest BCUT2D eigenvalue weighted by Gasteiger charge is -2.03. The van der Waals surface area contributed by atoms with Crippen molar-refractivity contribution in [3.05, 3.63) is 35.4 Å². The van der Waals surface area contributed by atoms with Crippen molar-refractivity contribution in [3.63, 3.8) is 0 Å². The zero-order chi connectivity index (χ0) is 11.8. The van der Waals surface area contributed by atoms with E-state index in [1.807, 2.05) is 12.1 Å². The molecule has 0 unspecified atom stereocenters. The molecular weight excluding hydrogens is 200 g/mol. The lowest BCUT2D eigenvalue weighted by Crippen LogP contribution is -2.04. The number of hydrogen-bond acceptors (Lipinski definition) is 2. The molecule has 0 spiro atoms. The first kappa shape index (κ1) is 12.8. The van der Waals surface area contributed by atoms with Crippen molar-refractivity contribution in [1.82, 2.24) is 0 Å². The normalized spacial score (nSPS) is 10.1. The van der Waals surface area contributed by atoms with Gasteiger partial charge >= 0.3 is 5.97 Å². The molecule has 0 aliphatic heterocycles. The Morgan fingerprint density at radius 2 is 1.75 bits per heavy atom. The van der Waals surface area contributed by atoms with Gasteiger partial charge in [-0.15, -0.1) is 0 Å². The minimum absolute atomic E-state index is 0.182. The van der Waals surface area contributed by atoms with E-state index in [2.05, 4.69) is 23.8 Å². The van der Waals surface area contributed by atoms with E-state index in [1.54, 1.807) is 0 Å². The Balaban J connectivity index is 2.44. The number of hydrogen-bond donors (Lipinski definition) is 0. The second-order valence-corrected chi connectivity index (χ2v) is 4.03. The molecule has 1 aromatic rings. The van der Waals surface area contributed by atoms with Crippen LogP contribution in [0, 0.1) is 0 Å². The molecule has 0 saturated carbocycles. The Labute approximate surface area is 97.6 Å². The SMILES string of the molecule is CCCCCc1ccc(CC(=O)OC)cc1. The van der Waals surface area contributed by atoms with Gasteiger partial charge in [-0.25, -0.2) is 0 Å². The average Bonchev–Trinajstić information content (AvgIpc) is 2.31. The fraction of sp³-hybridized carbons (Fsp3) is 0.500. The summed E-state index contributed by atoms with van der Waals surface area (Å²) >= 11 is 0. The molecule has 0 heterocycles. The van der Waals surface area contributed by atoms with Crippen molar-refractivity contribution in [1.29, 1.82) is 0 Å². The van der Waals surface area contributed by atoms with E-state index in [4.69, 9.17) is 0 Å². The number of aryl methyl sites for hydroxylation is 1. The van der Waals surface area contributed by atoms with Crippen LogP contribution in [0.4, 0.5) is 0 Å². The molecule has 0 amide bonds. The van der Waals surface area contributed by atoms with Gasteiger partial charge in [-0.2, -0.15) is 0 Å². The van der Waals surface area contributed by atoms with Crippen LogP contribution in [0.15, 0.2) is 24.3 Å². The van der Waals surface area contributed by atoms with E-state index in [-0.39, 0.29) is 5.97 Å². The van der Waals surface area contributed by atoms with Crippen LogP contribution in [0.5, 0.6) is 0 Å². The molecule has 0 fully saturated rings. The molecule has 88 valence electrons. The number of rotatable bonds is 6. The van der Waals surface area contributed by atoms with Crippen molar-refractivity contribution in [2.24, 2.45) is 0 Å². The van der Waals surface area contributed by atoms with Crippen LogP contribution in [-0.2, 0) is 22.4 Å². The number of carbonyl (C=O) groups is 1. The van der Waals surface area contributed by atoms with Gasteiger partial charge < -0.3 is 4.74 Å². The summed E-state index contributed by atoms with van der Waals surface area (Å²) < 4.78 is 4.62. The highest BCUT2D eigenvalue weighted by Gasteiger charge is 2.02. The standard InChI is InChI=1S/C14H20O2/c1-3-4-5-6-12-7-9-13(10-8-12)11-14(15)16-2/h7-10H,3-6,11H2,1-2H3. The quantitative estimate of drug-likeness (QED) is 0.544. The Bertz CT molecular complexity index is 314. The summed E-state index contributed by atoms with van der Waals surface area (Å²) in [5.74, 6) is -0.182. The zero-order valence-corrected chi connectivity index (χ0v) is 10.2. The number of benzene rings is 1. The summed E-state index contributed by atoms with van der Waals surface area (Å²) in [6, 6.07) is 8.23. The molecular formula is C14H20O2. The summed E-state index contributed by atoms with van der Waals surface area (Å²) in [7, 11) is 1.42. The van der Waals surface area contributed by atoms with E-state index in [9.17, 15) is 4.79 Å². The highest BCUT2D eigenvalue weighted by molar-refractivity contribution is 5.72. The molecule has 2 nitrogen and oxygen atoms in total. The lowest BCUT2D eigenvalue weighted by atomic mass is 10.0. The number of ether oxygens (including phenoxy) is 1. The predicted octanol–water partition coefficient (Wildman–Crippen LogP) is 3.13. The molecule has 2 heteroatoms. The van der Waals surface area contributed by atoms with E-state index in [0.29, 0.717) is 6.42 Å². The maximum absolute atomic E-state index is 11.1. The van der Waals surface area contributed by atoms with Gasteiger partial charge in [0.1, 0.15) is 0 Å². The Hall–Kier alpha value is -1.31. The molecule has 1 rings (SSSR count). The van der Waals surface area contributed by atoms with E-state index < -0.39 is 0 Å². The molecule has 0 aliphatic rings. The molecule has 16 heavy (non-hydrogen) atoms. The molecule has 0 radical (unpaired) electrons. The van der Waals surface area contributed by atoms with Crippen LogP contribution in [-0.4, -0.2) is 13.1 Å². The zero-order valence-electron chi connectivity index (χ0n) is 10.2. The molecule has 0 aromatic heterocycles. The topological polar surface area (TPSA) is 26.3 Å². The predicted molar refractivity (Wildman–Crippen MR) is 65.4 cm³/mol. The van der Waals surface area contributed by atoms with Crippen LogP contribution >= 0.6 is 0 Å². The largest absolute Gasteiger partial charge is 0.469 e. The van der Waals surface area contributed by atoms with Gasteiger partial charge in [-0.05, 0) is 24.0 Å². The third kappa shape index (κ3) is 4.47. The third-order valence-corrected chi connectivity index (χ3v) is 2.67. The van der Waals surface area contributed by atoms with Gasteiger partial charge in [0.2, 0.25) is 0 Å². The number of unbranched alkanes of at least 4 members (excludes halogenated alkanes) is 2. The van der Waals surface area contributed by atoms with E-state index in [1.165, 1.54) is 31.9 Å². The van der Waals surface area contributed by atoms with Gasteiger partial charge in [-0.1, -0.05) is 44.0 Å². The number of methoxy groups -OCH3 is 1. The Kier molecular flexibility index (Phi) is 5.62. The minimum atomic E-state index is -0.182. The highest BCUT2D eigenvalue weighted by Crippen LogP contribution is 2.09. The smallest absolute Gasteiger partial charge is 0.309 e. The van der Waals surface area contributed by atoms with Gasteiger partial charge in [0, 0.05) is 0 Å². The van der Waals surface area contributed by atoms with Gasteiger partial charge in [0.15, 0.2) is 0 Å². The fourth-order valence-corrected chi connectivity index (χ4v) is 1.64. The van der Waals surface area contributed by atoms with E-state index in [0.717, 1.165) is 12.0 Å². The van der Waals surface area contributed by atoms with E-state index >= 15 is 0 Å². The fourth-order valence-electron chi connectivity index (χ4n) is 1.64. The van der Waals surface area contributed by atoms with Crippen LogP contribution in [0.3, 0.4) is 0 Å². The maximum atomic E-state index is 11.1. The van der Waals surface area contributed by atoms with Crippen LogP contribution in [0.2, 0.25) is 0 Å². The number of esters is 1. The average molecular weight is 220 g/mol. The number of carbonyl (C=O) groups excluding carboxylic acids is 1. The highest BCUT2D eigenvalue weighted by atomic mass is 16.5. The maximum Gasteiger partial charge on any atom is 0.309 e. The van der Waals surface area contributed by atoms with Gasteiger partial charge in [0.25, 0.3) is 0 Å². The van der Waals surface area contributed by atoms with Crippen LogP contribution in [0.25, 0.3) is 0 Å². The lowest BCUT2D eigenvalue weighted by molar-refractivity contribution is -0.139. The van der Waals surface area contributed by atoms with Gasteiger partial charge in [0.05, 0.1) is 13.5 Å². The first-order valence-corrected chi connectivity index (χ1v) is 5.91. The van der Waals surface area contributed by atoms with Crippen molar-refractivity contribution in [2.75, 3.05) is 7.11 Å². The molecule has 0 N–H and O–H groups in total. The summed E-state index contributed by atoms with van der Waals surface area (Å²) in [6.07, 6.45) is 5.27. The Morgan fingerprint density at radius 3 is 2.31 bits per heavy atom. The second-order valence-electron chi connectivity index (χ2n) is 4.03. The summed E-state index contributed by atoms with van der Waals surface area (Å²) in [4.78, 5) is 11.1. The van der Waals surface area contributed by atoms with Crippen molar-refractivity contribution < 1.29 is 9.53 Å². The molecule has 0 aliphatic carbocycles. The molecule has 0 atom stereocenters. The molecule has 0 saturated heterocycles. The Morgan fingerprint density at radius 1 is 1.12 bits per heavy atom. The van der Waals surface area contributed by atoms with Crippen molar-refractivity contribution in [2.45, 2.75) is 39.0 Å². The van der Waals surface area contributed by atoms with Crippen molar-refractivity contribution in [3.8, 4) is 0 Å². The first-order valence-electron chi connectivity index (χ1n) is 5.91. The first-order chi connectivity index (χ1) is 7.76.